The van der Waals surface area contributed by atoms with Crippen molar-refractivity contribution < 1.29 is 27.7 Å². The Kier molecular flexibility index (Phi) is 8.34. The van der Waals surface area contributed by atoms with E-state index in [1.807, 2.05) is 6.92 Å². The second kappa shape index (κ2) is 10.7. The minimum absolute atomic E-state index is 0.0313. The molecule has 0 aliphatic carbocycles. The van der Waals surface area contributed by atoms with Gasteiger partial charge in [0.1, 0.15) is 0 Å². The fourth-order valence-corrected chi connectivity index (χ4v) is 2.88. The second-order valence-electron chi connectivity index (χ2n) is 6.45. The first-order chi connectivity index (χ1) is 14.6. The number of benzene rings is 2. The van der Waals surface area contributed by atoms with Crippen molar-refractivity contribution >= 4 is 40.5 Å². The summed E-state index contributed by atoms with van der Waals surface area (Å²) in [6, 6.07) is 5.11. The molecule has 2 rings (SSSR count). The van der Waals surface area contributed by atoms with E-state index < -0.39 is 39.9 Å². The fraction of sp³-hybridized carbons (Fsp3) is 0.263. The molecule has 31 heavy (non-hydrogen) atoms. The number of nitrogens with zero attached hydrogens (tertiary/aromatic N) is 2. The number of amides is 2. The number of hydrogen-bond acceptors (Lipinski definition) is 5. The quantitative estimate of drug-likeness (QED) is 0.336. The maximum atomic E-state index is 13.7. The van der Waals surface area contributed by atoms with Gasteiger partial charge in [0.25, 0.3) is 5.69 Å². The Labute approximate surface area is 180 Å². The Balaban J connectivity index is 2.00. The lowest BCUT2D eigenvalue weighted by Crippen LogP contribution is -2.39. The zero-order valence-electron chi connectivity index (χ0n) is 16.3. The lowest BCUT2D eigenvalue weighted by Gasteiger charge is -2.21. The van der Waals surface area contributed by atoms with Crippen LogP contribution in [0.5, 0.6) is 0 Å². The Morgan fingerprint density at radius 2 is 1.61 bits per heavy atom. The first-order valence-electron chi connectivity index (χ1n) is 9.01. The molecule has 2 N–H and O–H groups in total. The van der Waals surface area contributed by atoms with Gasteiger partial charge in [0.15, 0.2) is 17.5 Å². The van der Waals surface area contributed by atoms with Gasteiger partial charge in [-0.1, -0.05) is 18.5 Å². The summed E-state index contributed by atoms with van der Waals surface area (Å²) >= 11 is 5.94. The maximum Gasteiger partial charge on any atom is 0.271 e. The van der Waals surface area contributed by atoms with Gasteiger partial charge in [-0.3, -0.25) is 24.6 Å². The summed E-state index contributed by atoms with van der Waals surface area (Å²) < 4.78 is 40.0. The number of rotatable bonds is 9. The monoisotopic (exact) mass is 458 g/mol. The van der Waals surface area contributed by atoms with Crippen LogP contribution >= 0.6 is 11.6 Å². The molecule has 2 aromatic carbocycles. The molecule has 0 bridgehead atoms. The molecule has 0 atom stereocenters. The molecular formula is C19H18ClF3N4O4. The number of nitrogens with one attached hydrogen (secondary N) is 2. The number of nitro groups is 1. The van der Waals surface area contributed by atoms with Crippen LogP contribution in [0.1, 0.15) is 13.3 Å². The summed E-state index contributed by atoms with van der Waals surface area (Å²) in [6.45, 7) is 1.57. The highest BCUT2D eigenvalue weighted by Crippen LogP contribution is 2.26. The lowest BCUT2D eigenvalue weighted by atomic mass is 10.2. The minimum Gasteiger partial charge on any atom is -0.324 e. The molecular weight excluding hydrogens is 441 g/mol. The molecule has 0 aliphatic rings. The Bertz CT molecular complexity index is 1010. The first-order valence-corrected chi connectivity index (χ1v) is 9.39. The molecule has 8 nitrogen and oxygen atoms in total. The molecule has 0 saturated carbocycles. The molecule has 0 fully saturated rings. The van der Waals surface area contributed by atoms with Crippen molar-refractivity contribution in [3.63, 3.8) is 0 Å². The molecule has 166 valence electrons. The number of carbonyl (C=O) groups excluding carboxylic acids is 2. The van der Waals surface area contributed by atoms with E-state index in [9.17, 15) is 32.9 Å². The van der Waals surface area contributed by atoms with E-state index in [0.29, 0.717) is 19.0 Å². The topological polar surface area (TPSA) is 105 Å². The molecule has 0 unspecified atom stereocenters. The van der Waals surface area contributed by atoms with E-state index in [-0.39, 0.29) is 29.5 Å². The normalized spacial score (nSPS) is 10.8. The lowest BCUT2D eigenvalue weighted by molar-refractivity contribution is -0.384. The number of nitro benzene ring substituents is 1. The third-order valence-electron chi connectivity index (χ3n) is 4.02. The summed E-state index contributed by atoms with van der Waals surface area (Å²) in [7, 11) is 0. The summed E-state index contributed by atoms with van der Waals surface area (Å²) in [5.41, 5.74) is -0.610. The van der Waals surface area contributed by atoms with Crippen molar-refractivity contribution in [2.75, 3.05) is 30.3 Å². The van der Waals surface area contributed by atoms with Crippen molar-refractivity contribution in [1.82, 2.24) is 4.90 Å². The van der Waals surface area contributed by atoms with Gasteiger partial charge in [0.2, 0.25) is 11.8 Å². The van der Waals surface area contributed by atoms with Crippen LogP contribution in [0.25, 0.3) is 0 Å². The molecule has 0 heterocycles. The number of carbonyl (C=O) groups is 2. The van der Waals surface area contributed by atoms with Gasteiger partial charge in [-0.05, 0) is 31.2 Å². The molecule has 2 amide bonds. The van der Waals surface area contributed by atoms with Gasteiger partial charge in [-0.25, -0.2) is 13.2 Å². The first kappa shape index (κ1) is 24.1. The van der Waals surface area contributed by atoms with Crippen molar-refractivity contribution in [2.45, 2.75) is 13.3 Å². The van der Waals surface area contributed by atoms with Gasteiger partial charge in [-0.15, -0.1) is 0 Å². The van der Waals surface area contributed by atoms with Crippen molar-refractivity contribution in [2.24, 2.45) is 0 Å². The minimum atomic E-state index is -1.71. The maximum absolute atomic E-state index is 13.7. The van der Waals surface area contributed by atoms with Crippen molar-refractivity contribution in [3.8, 4) is 0 Å². The van der Waals surface area contributed by atoms with Gasteiger partial charge >= 0.3 is 0 Å². The molecule has 0 aromatic heterocycles. The molecule has 0 spiro atoms. The summed E-state index contributed by atoms with van der Waals surface area (Å²) in [5.74, 6) is -5.90. The highest BCUT2D eigenvalue weighted by molar-refractivity contribution is 6.34. The second-order valence-corrected chi connectivity index (χ2v) is 6.86. The summed E-state index contributed by atoms with van der Waals surface area (Å²) in [4.78, 5) is 36.1. The Hall–Kier alpha value is -3.18. The molecule has 0 saturated heterocycles. The highest BCUT2D eigenvalue weighted by Gasteiger charge is 2.19. The molecule has 0 radical (unpaired) electrons. The van der Waals surface area contributed by atoms with Crippen LogP contribution in [0.2, 0.25) is 5.02 Å². The van der Waals surface area contributed by atoms with Crippen molar-refractivity contribution in [3.05, 3.63) is 62.9 Å². The number of hydrogen-bond donors (Lipinski definition) is 2. The van der Waals surface area contributed by atoms with Crippen LogP contribution in [0, 0.1) is 27.6 Å². The predicted molar refractivity (Wildman–Crippen MR) is 108 cm³/mol. The van der Waals surface area contributed by atoms with E-state index in [1.54, 1.807) is 0 Å². The highest BCUT2D eigenvalue weighted by atomic mass is 35.5. The molecule has 0 aliphatic heterocycles. The van der Waals surface area contributed by atoms with Crippen LogP contribution in [0.4, 0.5) is 30.2 Å². The largest absolute Gasteiger partial charge is 0.324 e. The Morgan fingerprint density at radius 1 is 1.03 bits per heavy atom. The molecule has 2 aromatic rings. The average Bonchev–Trinajstić information content (AvgIpc) is 2.70. The summed E-state index contributed by atoms with van der Waals surface area (Å²) in [6.07, 6.45) is 0.582. The fourth-order valence-electron chi connectivity index (χ4n) is 2.66. The van der Waals surface area contributed by atoms with E-state index in [1.165, 1.54) is 17.0 Å². The van der Waals surface area contributed by atoms with Gasteiger partial charge in [0, 0.05) is 12.1 Å². The Morgan fingerprint density at radius 3 is 2.16 bits per heavy atom. The van der Waals surface area contributed by atoms with Gasteiger partial charge in [0.05, 0.1) is 34.4 Å². The van der Waals surface area contributed by atoms with E-state index in [0.717, 1.165) is 12.1 Å². The van der Waals surface area contributed by atoms with Crippen molar-refractivity contribution in [1.29, 1.82) is 0 Å². The average molecular weight is 459 g/mol. The van der Waals surface area contributed by atoms with Crippen LogP contribution in [0.15, 0.2) is 30.3 Å². The summed E-state index contributed by atoms with van der Waals surface area (Å²) in [5, 5.41) is 15.3. The van der Waals surface area contributed by atoms with E-state index in [4.69, 9.17) is 11.6 Å². The van der Waals surface area contributed by atoms with Crippen LogP contribution in [0.3, 0.4) is 0 Å². The van der Waals surface area contributed by atoms with E-state index >= 15 is 0 Å². The zero-order valence-corrected chi connectivity index (χ0v) is 17.0. The molecule has 12 heteroatoms. The number of halogens is 4. The van der Waals surface area contributed by atoms with Gasteiger partial charge in [-0.2, -0.15) is 0 Å². The van der Waals surface area contributed by atoms with Gasteiger partial charge < -0.3 is 10.6 Å². The third-order valence-corrected chi connectivity index (χ3v) is 4.33. The van der Waals surface area contributed by atoms with Crippen LogP contribution in [-0.2, 0) is 9.59 Å². The number of anilines is 2. The van der Waals surface area contributed by atoms with E-state index in [2.05, 4.69) is 10.6 Å². The standard InChI is InChI=1S/C19H18ClF3N4O4/c1-2-7-26(10-17(29)25-15-6-4-13(21)18(22)19(15)23)9-16(28)24-14-5-3-11(27(30)31)8-12(14)20/h3-6,8H,2,7,9-10H2,1H3,(H,24,28)(H,25,29). The zero-order chi connectivity index (χ0) is 23.1. The van der Waals surface area contributed by atoms with Crippen LogP contribution in [-0.4, -0.2) is 41.3 Å². The SMILES string of the molecule is CCCN(CC(=O)Nc1ccc([N+](=O)[O-])cc1Cl)CC(=O)Nc1ccc(F)c(F)c1F. The smallest absolute Gasteiger partial charge is 0.271 e. The number of non-ortho nitro benzene ring substituents is 1. The van der Waals surface area contributed by atoms with Crippen LogP contribution < -0.4 is 10.6 Å². The predicted octanol–water partition coefficient (Wildman–Crippen LogP) is 3.95. The third kappa shape index (κ3) is 6.66.